The molecule has 1 amide bonds. The molecule has 2 aromatic rings. The first-order chi connectivity index (χ1) is 13.0. The second kappa shape index (κ2) is 10.7. The molecular weight excluding hydrogens is 358 g/mol. The van der Waals surface area contributed by atoms with Gasteiger partial charge < -0.3 is 16.0 Å². The second-order valence-corrected chi connectivity index (χ2v) is 7.37. The lowest BCUT2D eigenvalue weighted by Gasteiger charge is -2.10. The molecular formula is C20H29N5OS. The molecule has 0 bridgehead atoms. The highest BCUT2D eigenvalue weighted by Gasteiger charge is 2.07. The SMILES string of the molecule is CCNC(=O)c1ccc(CN=C(NCC)NCc2nc(C(C)C)cs2)cc1. The summed E-state index contributed by atoms with van der Waals surface area (Å²) in [5, 5.41) is 12.5. The molecule has 0 unspecified atom stereocenters. The van der Waals surface area contributed by atoms with Gasteiger partial charge in [0.1, 0.15) is 5.01 Å². The van der Waals surface area contributed by atoms with E-state index in [1.807, 2.05) is 38.1 Å². The number of aliphatic imine (C=N–C) groups is 1. The van der Waals surface area contributed by atoms with Crippen LogP contribution in [0.4, 0.5) is 0 Å². The molecule has 0 aliphatic heterocycles. The Bertz CT molecular complexity index is 752. The van der Waals surface area contributed by atoms with Gasteiger partial charge in [-0.15, -0.1) is 11.3 Å². The van der Waals surface area contributed by atoms with Gasteiger partial charge in [0.15, 0.2) is 5.96 Å². The van der Waals surface area contributed by atoms with Gasteiger partial charge in [-0.1, -0.05) is 26.0 Å². The van der Waals surface area contributed by atoms with E-state index in [1.54, 1.807) is 11.3 Å². The molecule has 6 nitrogen and oxygen atoms in total. The normalized spacial score (nSPS) is 11.5. The highest BCUT2D eigenvalue weighted by atomic mass is 32.1. The first kappa shape index (κ1) is 20.9. The van der Waals surface area contributed by atoms with E-state index in [-0.39, 0.29) is 5.91 Å². The molecule has 0 radical (unpaired) electrons. The van der Waals surface area contributed by atoms with Crippen molar-refractivity contribution in [2.75, 3.05) is 13.1 Å². The summed E-state index contributed by atoms with van der Waals surface area (Å²) in [6, 6.07) is 7.54. The van der Waals surface area contributed by atoms with Gasteiger partial charge in [0, 0.05) is 24.0 Å². The summed E-state index contributed by atoms with van der Waals surface area (Å²) in [4.78, 5) is 21.1. The van der Waals surface area contributed by atoms with Gasteiger partial charge in [0.05, 0.1) is 18.8 Å². The number of hydrogen-bond donors (Lipinski definition) is 3. The fraction of sp³-hybridized carbons (Fsp3) is 0.450. The molecule has 0 aliphatic carbocycles. The predicted molar refractivity (Wildman–Crippen MR) is 112 cm³/mol. The Morgan fingerprint density at radius 1 is 1.11 bits per heavy atom. The average molecular weight is 388 g/mol. The van der Waals surface area contributed by atoms with Crippen molar-refractivity contribution in [2.45, 2.75) is 46.7 Å². The van der Waals surface area contributed by atoms with Crippen LogP contribution in [0.1, 0.15) is 60.2 Å². The minimum Gasteiger partial charge on any atom is -0.357 e. The van der Waals surface area contributed by atoms with Crippen LogP contribution < -0.4 is 16.0 Å². The molecule has 1 aromatic carbocycles. The quantitative estimate of drug-likeness (QED) is 0.480. The maximum absolute atomic E-state index is 11.8. The molecule has 1 heterocycles. The minimum atomic E-state index is -0.0493. The Morgan fingerprint density at radius 2 is 1.81 bits per heavy atom. The molecule has 0 atom stereocenters. The Hall–Kier alpha value is -2.41. The largest absolute Gasteiger partial charge is 0.357 e. The maximum Gasteiger partial charge on any atom is 0.251 e. The molecule has 0 spiro atoms. The predicted octanol–water partition coefficient (Wildman–Crippen LogP) is 3.27. The number of hydrogen-bond acceptors (Lipinski definition) is 4. The van der Waals surface area contributed by atoms with Crippen LogP contribution in [0.2, 0.25) is 0 Å². The third kappa shape index (κ3) is 6.67. The van der Waals surface area contributed by atoms with Crippen LogP contribution in [-0.4, -0.2) is 29.9 Å². The second-order valence-electron chi connectivity index (χ2n) is 6.43. The zero-order valence-electron chi connectivity index (χ0n) is 16.5. The summed E-state index contributed by atoms with van der Waals surface area (Å²) in [6.07, 6.45) is 0. The van der Waals surface area contributed by atoms with E-state index in [4.69, 9.17) is 0 Å². The number of rotatable bonds is 8. The van der Waals surface area contributed by atoms with Crippen molar-refractivity contribution < 1.29 is 4.79 Å². The van der Waals surface area contributed by atoms with E-state index in [0.29, 0.717) is 31.1 Å². The number of thiazole rings is 1. The zero-order valence-corrected chi connectivity index (χ0v) is 17.3. The number of nitrogens with one attached hydrogen (secondary N) is 3. The van der Waals surface area contributed by atoms with Gasteiger partial charge in [-0.25, -0.2) is 9.98 Å². The van der Waals surface area contributed by atoms with Gasteiger partial charge in [-0.05, 0) is 37.5 Å². The number of guanidine groups is 1. The van der Waals surface area contributed by atoms with Crippen molar-refractivity contribution in [3.05, 3.63) is 51.5 Å². The van der Waals surface area contributed by atoms with Crippen LogP contribution in [-0.2, 0) is 13.1 Å². The van der Waals surface area contributed by atoms with Gasteiger partial charge in [0.2, 0.25) is 0 Å². The van der Waals surface area contributed by atoms with E-state index >= 15 is 0 Å². The van der Waals surface area contributed by atoms with Crippen LogP contribution in [0.15, 0.2) is 34.6 Å². The first-order valence-corrected chi connectivity index (χ1v) is 10.2. The van der Waals surface area contributed by atoms with Crippen LogP contribution >= 0.6 is 11.3 Å². The van der Waals surface area contributed by atoms with E-state index < -0.39 is 0 Å². The third-order valence-corrected chi connectivity index (χ3v) is 4.75. The highest BCUT2D eigenvalue weighted by molar-refractivity contribution is 7.09. The summed E-state index contributed by atoms with van der Waals surface area (Å²) in [5.41, 5.74) is 2.85. The molecule has 0 saturated heterocycles. The molecule has 0 aliphatic rings. The van der Waals surface area contributed by atoms with E-state index in [9.17, 15) is 4.79 Å². The van der Waals surface area contributed by atoms with Gasteiger partial charge in [-0.3, -0.25) is 4.79 Å². The van der Waals surface area contributed by atoms with Crippen LogP contribution in [0.25, 0.3) is 0 Å². The maximum atomic E-state index is 11.8. The standard InChI is InChI=1S/C20H29N5OS/c1-5-21-19(26)16-9-7-15(8-10-16)11-23-20(22-6-2)24-12-18-25-17(13-27-18)14(3)4/h7-10,13-14H,5-6,11-12H2,1-4H3,(H,21,26)(H2,22,23,24). The summed E-state index contributed by atoms with van der Waals surface area (Å²) >= 11 is 1.67. The zero-order chi connectivity index (χ0) is 19.6. The van der Waals surface area contributed by atoms with Gasteiger partial charge in [0.25, 0.3) is 5.91 Å². The fourth-order valence-corrected chi connectivity index (χ4v) is 3.26. The first-order valence-electron chi connectivity index (χ1n) is 9.37. The number of aromatic nitrogens is 1. The molecule has 3 N–H and O–H groups in total. The lowest BCUT2D eigenvalue weighted by Crippen LogP contribution is -2.36. The van der Waals surface area contributed by atoms with Crippen molar-refractivity contribution in [1.29, 1.82) is 0 Å². The van der Waals surface area contributed by atoms with Crippen molar-refractivity contribution in [1.82, 2.24) is 20.9 Å². The number of nitrogens with zero attached hydrogens (tertiary/aromatic N) is 2. The van der Waals surface area contributed by atoms with Gasteiger partial charge in [-0.2, -0.15) is 0 Å². The van der Waals surface area contributed by atoms with Gasteiger partial charge >= 0.3 is 0 Å². The van der Waals surface area contributed by atoms with E-state index in [0.717, 1.165) is 28.8 Å². The Morgan fingerprint density at radius 3 is 2.41 bits per heavy atom. The lowest BCUT2D eigenvalue weighted by atomic mass is 10.1. The lowest BCUT2D eigenvalue weighted by molar-refractivity contribution is 0.0956. The van der Waals surface area contributed by atoms with Crippen LogP contribution in [0, 0.1) is 0 Å². The topological polar surface area (TPSA) is 78.4 Å². The molecule has 146 valence electrons. The Labute approximate surface area is 165 Å². The summed E-state index contributed by atoms with van der Waals surface area (Å²) in [7, 11) is 0. The third-order valence-electron chi connectivity index (χ3n) is 3.89. The molecule has 0 fully saturated rings. The summed E-state index contributed by atoms with van der Waals surface area (Å²) in [6.45, 7) is 10.9. The summed E-state index contributed by atoms with van der Waals surface area (Å²) < 4.78 is 0. The average Bonchev–Trinajstić information content (AvgIpc) is 3.14. The van der Waals surface area contributed by atoms with Crippen LogP contribution in [0.5, 0.6) is 0 Å². The van der Waals surface area contributed by atoms with Crippen molar-refractivity contribution >= 4 is 23.2 Å². The van der Waals surface area contributed by atoms with E-state index in [2.05, 4.69) is 45.2 Å². The number of benzene rings is 1. The number of amides is 1. The molecule has 7 heteroatoms. The van der Waals surface area contributed by atoms with Crippen molar-refractivity contribution in [3.8, 4) is 0 Å². The number of carbonyl (C=O) groups is 1. The van der Waals surface area contributed by atoms with E-state index in [1.165, 1.54) is 0 Å². The van der Waals surface area contributed by atoms with Crippen molar-refractivity contribution in [3.63, 3.8) is 0 Å². The smallest absolute Gasteiger partial charge is 0.251 e. The minimum absolute atomic E-state index is 0.0493. The highest BCUT2D eigenvalue weighted by Crippen LogP contribution is 2.17. The Balaban J connectivity index is 1.94. The summed E-state index contributed by atoms with van der Waals surface area (Å²) in [5.74, 6) is 1.15. The molecule has 1 aromatic heterocycles. The molecule has 2 rings (SSSR count). The van der Waals surface area contributed by atoms with Crippen molar-refractivity contribution in [2.24, 2.45) is 4.99 Å². The fourth-order valence-electron chi connectivity index (χ4n) is 2.37. The monoisotopic (exact) mass is 387 g/mol. The number of carbonyl (C=O) groups excluding carboxylic acids is 1. The molecule has 0 saturated carbocycles. The van der Waals surface area contributed by atoms with Crippen LogP contribution in [0.3, 0.4) is 0 Å². The molecule has 27 heavy (non-hydrogen) atoms. The Kier molecular flexibility index (Phi) is 8.26.